The summed E-state index contributed by atoms with van der Waals surface area (Å²) in [6.07, 6.45) is 2.19. The van der Waals surface area contributed by atoms with Gasteiger partial charge in [0.25, 0.3) is 0 Å². The van der Waals surface area contributed by atoms with Crippen molar-refractivity contribution in [2.45, 2.75) is 206 Å². The Morgan fingerprint density at radius 2 is 0.814 bits per heavy atom. The Bertz CT molecular complexity index is 2560. The number of carbonyl (C=O) groups excluding carboxylic acids is 10. The number of aliphatic hydroxyl groups excluding tert-OH is 4. The van der Waals surface area contributed by atoms with Gasteiger partial charge < -0.3 is 94.0 Å². The van der Waals surface area contributed by atoms with E-state index in [0.29, 0.717) is 37.2 Å². The zero-order valence-corrected chi connectivity index (χ0v) is 50.7. The molecule has 10 amide bonds. The number of aliphatic carboxylic acids is 1. The minimum absolute atomic E-state index is 0.245. The molecule has 482 valence electrons. The van der Waals surface area contributed by atoms with Crippen LogP contribution in [-0.2, 0) is 65.6 Å². The second kappa shape index (κ2) is 35.1. The molecule has 1 saturated heterocycles. The van der Waals surface area contributed by atoms with Gasteiger partial charge in [0, 0.05) is 36.6 Å². The van der Waals surface area contributed by atoms with E-state index in [4.69, 9.17) is 0 Å². The third-order valence-electron chi connectivity index (χ3n) is 15.2. The molecule has 17 atom stereocenters. The van der Waals surface area contributed by atoms with Crippen LogP contribution in [0.4, 0.5) is 0 Å². The van der Waals surface area contributed by atoms with Crippen LogP contribution in [0.1, 0.15) is 120 Å². The summed E-state index contributed by atoms with van der Waals surface area (Å²) in [6.45, 7) is 16.6. The summed E-state index contributed by atoms with van der Waals surface area (Å²) in [5.74, 6) is -13.1. The highest BCUT2D eigenvalue weighted by Gasteiger charge is 2.40. The first-order valence-electron chi connectivity index (χ1n) is 29.1. The molecular weight excluding hydrogens is 1130 g/mol. The van der Waals surface area contributed by atoms with Crippen molar-refractivity contribution >= 4 is 65.0 Å². The predicted molar refractivity (Wildman–Crippen MR) is 308 cm³/mol. The lowest BCUT2D eigenvalue weighted by Crippen LogP contribution is -2.64. The Hall–Kier alpha value is -7.61. The molecule has 0 spiro atoms. The second-order valence-electron chi connectivity index (χ2n) is 22.4. The topological polar surface area (TPSA) is 479 Å². The number of aliphatic hydroxyl groups is 4. The number of carboxylic acids is 1. The van der Waals surface area contributed by atoms with Gasteiger partial charge in [-0.1, -0.05) is 74.7 Å². The van der Waals surface area contributed by atoms with Gasteiger partial charge in [0.2, 0.25) is 59.1 Å². The van der Waals surface area contributed by atoms with Gasteiger partial charge in [0.15, 0.2) is 0 Å². The number of amides is 10. The molecule has 86 heavy (non-hydrogen) atoms. The van der Waals surface area contributed by atoms with E-state index in [1.165, 1.54) is 45.8 Å². The third kappa shape index (κ3) is 21.7. The maximum atomic E-state index is 14.5. The maximum Gasteiger partial charge on any atom is 0.326 e. The normalized spacial score (nSPS) is 18.8. The average Bonchev–Trinajstić information content (AvgIpc) is 3.42. The Morgan fingerprint density at radius 1 is 0.477 bits per heavy atom. The number of aromatic nitrogens is 4. The number of carboxylic acid groups (broad SMARTS) is 1. The fraction of sp³-hybridized carbons (Fsp3) is 0.691. The van der Waals surface area contributed by atoms with Crippen LogP contribution >= 0.6 is 0 Å². The third-order valence-corrected chi connectivity index (χ3v) is 15.2. The molecule has 31 nitrogen and oxygen atoms in total. The molecule has 0 saturated carbocycles. The number of hydrogen-bond donors (Lipinski definition) is 18. The Labute approximate surface area is 499 Å². The second-order valence-corrected chi connectivity index (χ2v) is 22.4. The Morgan fingerprint density at radius 3 is 1.15 bits per heavy atom. The number of nitrogens with one attached hydrogen (secondary N) is 13. The fourth-order valence-electron chi connectivity index (χ4n) is 9.12. The highest BCUT2D eigenvalue weighted by Crippen LogP contribution is 2.16. The number of rotatable bonds is 36. The van der Waals surface area contributed by atoms with Crippen LogP contribution in [0.5, 0.6) is 0 Å². The molecule has 0 aliphatic carbocycles. The van der Waals surface area contributed by atoms with Gasteiger partial charge in [0.1, 0.15) is 60.4 Å². The standard InChI is InChI=1S/C55H91N15O16/c1-12-26(6)39(65-49(79)38(25(4)5)64-46(76)35(18-32-20-56-23-59-32)61-52(82)42(29(9)72)69-48(78)37(22-71)63-45(75)34-16-15-17-58-34)50(80)66-40(27(7)13-2)51(81)70-43(30(10)73)53(83)62-36(19-33-21-57-24-60-33)47(77)68-44(31(11)74)54(84)67-41(55(85)86)28(8)14-3/h20-21,23-31,34-44,58,71-74H,12-19,22H2,1-11H3,(H,56,59)(H,57,60)(H,61,82)(H,62,83)(H,63,75)(H,64,76)(H,65,79)(H,66,80)(H,67,84)(H,68,77)(H,69,78)(H,70,81)(H,85,86)/t26?,27?,28?,29?,30?,31?,34?,35?,36?,37?,38?,39-,40?,41?,42?,43?,44?/m1/s1. The van der Waals surface area contributed by atoms with Gasteiger partial charge >= 0.3 is 5.97 Å². The van der Waals surface area contributed by atoms with Gasteiger partial charge in [0.05, 0.1) is 43.6 Å². The van der Waals surface area contributed by atoms with Crippen LogP contribution in [0.15, 0.2) is 25.0 Å². The van der Waals surface area contributed by atoms with Crippen LogP contribution in [0, 0.1) is 23.7 Å². The summed E-state index contributed by atoms with van der Waals surface area (Å²) >= 11 is 0. The molecule has 0 aromatic carbocycles. The Kier molecular flexibility index (Phi) is 29.7. The van der Waals surface area contributed by atoms with E-state index < -0.39 is 180 Å². The molecule has 3 rings (SSSR count). The van der Waals surface area contributed by atoms with Gasteiger partial charge in [-0.05, 0) is 63.8 Å². The number of hydrogen-bond acceptors (Lipinski definition) is 18. The van der Waals surface area contributed by atoms with Crippen molar-refractivity contribution in [1.82, 2.24) is 78.4 Å². The minimum atomic E-state index is -1.79. The average molecular weight is 1220 g/mol. The summed E-state index contributed by atoms with van der Waals surface area (Å²) < 4.78 is 0. The summed E-state index contributed by atoms with van der Waals surface area (Å²) in [5.41, 5.74) is 0.665. The smallest absolute Gasteiger partial charge is 0.326 e. The Balaban J connectivity index is 1.85. The number of nitrogens with zero attached hydrogens (tertiary/aromatic N) is 2. The monoisotopic (exact) mass is 1220 g/mol. The van der Waals surface area contributed by atoms with Gasteiger partial charge in [-0.25, -0.2) is 14.8 Å². The predicted octanol–water partition coefficient (Wildman–Crippen LogP) is -4.47. The van der Waals surface area contributed by atoms with Crippen LogP contribution in [0.3, 0.4) is 0 Å². The zero-order chi connectivity index (χ0) is 64.7. The zero-order valence-electron chi connectivity index (χ0n) is 50.7. The molecule has 3 heterocycles. The number of carbonyl (C=O) groups is 11. The summed E-state index contributed by atoms with van der Waals surface area (Å²) in [5, 5.41) is 80.0. The van der Waals surface area contributed by atoms with Crippen LogP contribution in [0.25, 0.3) is 0 Å². The van der Waals surface area contributed by atoms with Crippen molar-refractivity contribution in [2.75, 3.05) is 13.2 Å². The first-order valence-corrected chi connectivity index (χ1v) is 29.1. The van der Waals surface area contributed by atoms with E-state index in [1.54, 1.807) is 55.4 Å². The first kappa shape index (κ1) is 72.6. The number of aromatic amines is 2. The number of H-pyrrole nitrogens is 2. The maximum absolute atomic E-state index is 14.5. The summed E-state index contributed by atoms with van der Waals surface area (Å²) in [6, 6.07) is -15.9. The van der Waals surface area contributed by atoms with Gasteiger partial charge in [-0.2, -0.15) is 0 Å². The lowest BCUT2D eigenvalue weighted by atomic mass is 9.93. The lowest BCUT2D eigenvalue weighted by molar-refractivity contribution is -0.144. The largest absolute Gasteiger partial charge is 0.480 e. The van der Waals surface area contributed by atoms with Crippen molar-refractivity contribution in [3.8, 4) is 0 Å². The van der Waals surface area contributed by atoms with E-state index in [2.05, 4.69) is 78.4 Å². The van der Waals surface area contributed by atoms with Gasteiger partial charge in [-0.3, -0.25) is 47.9 Å². The van der Waals surface area contributed by atoms with E-state index in [1.807, 2.05) is 0 Å². The van der Waals surface area contributed by atoms with E-state index in [9.17, 15) is 78.3 Å². The molecule has 0 bridgehead atoms. The molecule has 1 aliphatic rings. The lowest BCUT2D eigenvalue weighted by Gasteiger charge is -2.32. The highest BCUT2D eigenvalue weighted by atomic mass is 16.4. The summed E-state index contributed by atoms with van der Waals surface area (Å²) in [7, 11) is 0. The van der Waals surface area contributed by atoms with E-state index in [0.717, 1.165) is 6.42 Å². The molecule has 2 aromatic heterocycles. The van der Waals surface area contributed by atoms with Crippen LogP contribution in [0.2, 0.25) is 0 Å². The van der Waals surface area contributed by atoms with Crippen LogP contribution in [-0.4, -0.2) is 208 Å². The van der Waals surface area contributed by atoms with Crippen molar-refractivity contribution < 1.29 is 78.3 Å². The molecular formula is C55H91N15O16. The molecule has 2 aromatic rings. The molecule has 1 aliphatic heterocycles. The molecule has 0 radical (unpaired) electrons. The summed E-state index contributed by atoms with van der Waals surface area (Å²) in [4.78, 5) is 164. The van der Waals surface area contributed by atoms with Crippen LogP contribution < -0.4 is 58.5 Å². The van der Waals surface area contributed by atoms with Crippen molar-refractivity contribution in [3.05, 3.63) is 36.4 Å². The fourth-order valence-corrected chi connectivity index (χ4v) is 9.12. The van der Waals surface area contributed by atoms with Crippen molar-refractivity contribution in [1.29, 1.82) is 0 Å². The highest BCUT2D eigenvalue weighted by molar-refractivity contribution is 5.99. The quantitative estimate of drug-likeness (QED) is 0.0306. The van der Waals surface area contributed by atoms with E-state index in [-0.39, 0.29) is 19.3 Å². The molecule has 18 N–H and O–H groups in total. The SMILES string of the molecule is CCC(C)C(NC(=O)C(NC(=O)C(Cc1cnc[nH]1)NC(=O)C(NC(=O)C(NC(=O)[C@H](NC(=O)C(NC(=O)C(Cc1cnc[nH]1)NC(=O)C(NC(=O)C(CO)NC(=O)C1CCCN1)C(C)O)C(C)C)C(C)CC)C(C)CC)C(C)O)C(C)O)C(=O)O. The molecule has 1 fully saturated rings. The van der Waals surface area contributed by atoms with E-state index >= 15 is 0 Å². The van der Waals surface area contributed by atoms with Gasteiger partial charge in [-0.15, -0.1) is 0 Å². The van der Waals surface area contributed by atoms with Crippen molar-refractivity contribution in [2.24, 2.45) is 23.7 Å². The molecule has 31 heteroatoms. The number of imidazole rings is 2. The minimum Gasteiger partial charge on any atom is -0.480 e. The molecule has 16 unspecified atom stereocenters. The first-order chi connectivity index (χ1) is 40.5. The van der Waals surface area contributed by atoms with Crippen molar-refractivity contribution in [3.63, 3.8) is 0 Å².